The van der Waals surface area contributed by atoms with Crippen molar-refractivity contribution in [3.63, 3.8) is 0 Å². The van der Waals surface area contributed by atoms with E-state index in [0.717, 1.165) is 5.56 Å². The summed E-state index contributed by atoms with van der Waals surface area (Å²) in [7, 11) is 0. The van der Waals surface area contributed by atoms with E-state index in [4.69, 9.17) is 16.3 Å². The number of rotatable bonds is 4. The third kappa shape index (κ3) is 4.73. The van der Waals surface area contributed by atoms with Crippen molar-refractivity contribution >= 4 is 11.6 Å². The van der Waals surface area contributed by atoms with Crippen molar-refractivity contribution in [1.29, 1.82) is 0 Å². The Balaban J connectivity index is 2.25. The number of nitrogens with one attached hydrogen (secondary N) is 1. The van der Waals surface area contributed by atoms with Gasteiger partial charge in [0.05, 0.1) is 5.02 Å². The molecule has 2 aromatic carbocycles. The van der Waals surface area contributed by atoms with Crippen molar-refractivity contribution in [3.8, 4) is 11.5 Å². The Morgan fingerprint density at radius 2 is 1.86 bits per heavy atom. The third-order valence-corrected chi connectivity index (χ3v) is 3.17. The summed E-state index contributed by atoms with van der Waals surface area (Å²) in [6.45, 7) is 6.88. The van der Waals surface area contributed by atoms with Gasteiger partial charge in [0.15, 0.2) is 0 Å². The van der Waals surface area contributed by atoms with Crippen molar-refractivity contribution < 1.29 is 9.13 Å². The van der Waals surface area contributed by atoms with E-state index in [1.807, 2.05) is 12.1 Å². The zero-order valence-electron chi connectivity index (χ0n) is 12.4. The second kappa shape index (κ2) is 6.46. The van der Waals surface area contributed by atoms with Crippen LogP contribution in [-0.2, 0) is 6.54 Å². The number of hydrogen-bond donors (Lipinski definition) is 1. The molecule has 0 saturated heterocycles. The summed E-state index contributed by atoms with van der Waals surface area (Å²) in [5.41, 5.74) is 0.917. The lowest BCUT2D eigenvalue weighted by Crippen LogP contribution is -2.35. The van der Waals surface area contributed by atoms with Gasteiger partial charge in [-0.05, 0) is 39.0 Å². The fourth-order valence-corrected chi connectivity index (χ4v) is 2.05. The molecule has 4 heteroatoms. The van der Waals surface area contributed by atoms with Gasteiger partial charge in [0.2, 0.25) is 0 Å². The molecular weight excluding hydrogens is 289 g/mol. The van der Waals surface area contributed by atoms with Crippen molar-refractivity contribution in [2.75, 3.05) is 0 Å². The molecule has 2 aromatic rings. The molecule has 0 bridgehead atoms. The van der Waals surface area contributed by atoms with E-state index < -0.39 is 0 Å². The van der Waals surface area contributed by atoms with E-state index in [9.17, 15) is 4.39 Å². The van der Waals surface area contributed by atoms with Gasteiger partial charge in [-0.3, -0.25) is 0 Å². The molecule has 0 saturated carbocycles. The smallest absolute Gasteiger partial charge is 0.150 e. The summed E-state index contributed by atoms with van der Waals surface area (Å²) in [5, 5.41) is 3.90. The second-order valence-electron chi connectivity index (χ2n) is 5.89. The van der Waals surface area contributed by atoms with E-state index in [1.54, 1.807) is 18.2 Å². The van der Waals surface area contributed by atoms with Crippen LogP contribution in [0.2, 0.25) is 5.02 Å². The fraction of sp³-hybridized carbons (Fsp3) is 0.294. The molecule has 112 valence electrons. The molecule has 0 aliphatic heterocycles. The number of hydrogen-bond acceptors (Lipinski definition) is 2. The van der Waals surface area contributed by atoms with Gasteiger partial charge in [-0.25, -0.2) is 4.39 Å². The lowest BCUT2D eigenvalue weighted by molar-refractivity contribution is 0.414. The molecule has 1 N–H and O–H groups in total. The van der Waals surface area contributed by atoms with Crippen molar-refractivity contribution in [1.82, 2.24) is 5.32 Å². The SMILES string of the molecule is CC(C)(C)NCc1cccc(Cl)c1Oc1cccc(F)c1. The lowest BCUT2D eigenvalue weighted by atomic mass is 10.1. The Morgan fingerprint density at radius 1 is 1.14 bits per heavy atom. The predicted molar refractivity (Wildman–Crippen MR) is 84.5 cm³/mol. The molecule has 2 nitrogen and oxygen atoms in total. The topological polar surface area (TPSA) is 21.3 Å². The minimum Gasteiger partial charge on any atom is -0.455 e. The van der Waals surface area contributed by atoms with Gasteiger partial charge in [0, 0.05) is 23.7 Å². The van der Waals surface area contributed by atoms with Crippen LogP contribution in [0.15, 0.2) is 42.5 Å². The predicted octanol–water partition coefficient (Wildman–Crippen LogP) is 5.16. The zero-order chi connectivity index (χ0) is 15.5. The minimum atomic E-state index is -0.339. The normalized spacial score (nSPS) is 11.5. The van der Waals surface area contributed by atoms with Crippen LogP contribution in [-0.4, -0.2) is 5.54 Å². The van der Waals surface area contributed by atoms with Crippen LogP contribution in [0.25, 0.3) is 0 Å². The standard InChI is InChI=1S/C17H19ClFNO/c1-17(2,3)20-11-12-6-4-9-15(18)16(12)21-14-8-5-7-13(19)10-14/h4-10,20H,11H2,1-3H3. The highest BCUT2D eigenvalue weighted by molar-refractivity contribution is 6.32. The zero-order valence-corrected chi connectivity index (χ0v) is 13.2. The van der Waals surface area contributed by atoms with Gasteiger partial charge < -0.3 is 10.1 Å². The average Bonchev–Trinajstić information content (AvgIpc) is 2.39. The van der Waals surface area contributed by atoms with Crippen LogP contribution in [0.4, 0.5) is 4.39 Å². The lowest BCUT2D eigenvalue weighted by Gasteiger charge is -2.22. The van der Waals surface area contributed by atoms with E-state index in [-0.39, 0.29) is 11.4 Å². The largest absolute Gasteiger partial charge is 0.455 e. The third-order valence-electron chi connectivity index (χ3n) is 2.87. The van der Waals surface area contributed by atoms with E-state index >= 15 is 0 Å². The summed E-state index contributed by atoms with van der Waals surface area (Å²) in [4.78, 5) is 0. The van der Waals surface area contributed by atoms with Crippen LogP contribution in [0.3, 0.4) is 0 Å². The quantitative estimate of drug-likeness (QED) is 0.842. The molecule has 0 fully saturated rings. The summed E-state index contributed by atoms with van der Waals surface area (Å²) in [6, 6.07) is 11.6. The Hall–Kier alpha value is -1.58. The van der Waals surface area contributed by atoms with Crippen molar-refractivity contribution in [3.05, 3.63) is 58.9 Å². The summed E-state index contributed by atoms with van der Waals surface area (Å²) in [6.07, 6.45) is 0. The van der Waals surface area contributed by atoms with Gasteiger partial charge in [-0.2, -0.15) is 0 Å². The molecule has 0 heterocycles. The van der Waals surface area contributed by atoms with Crippen LogP contribution >= 0.6 is 11.6 Å². The number of halogens is 2. The molecule has 0 aliphatic rings. The van der Waals surface area contributed by atoms with Crippen molar-refractivity contribution in [2.24, 2.45) is 0 Å². The highest BCUT2D eigenvalue weighted by atomic mass is 35.5. The summed E-state index contributed by atoms with van der Waals surface area (Å²) >= 11 is 6.22. The van der Waals surface area contributed by atoms with E-state index in [0.29, 0.717) is 23.1 Å². The van der Waals surface area contributed by atoms with Crippen LogP contribution in [0, 0.1) is 5.82 Å². The molecular formula is C17H19ClFNO. The summed E-state index contributed by atoms with van der Waals surface area (Å²) < 4.78 is 19.0. The van der Waals surface area contributed by atoms with Gasteiger partial charge in [0.1, 0.15) is 17.3 Å². The molecule has 2 rings (SSSR count). The Morgan fingerprint density at radius 3 is 2.52 bits per heavy atom. The molecule has 0 unspecified atom stereocenters. The van der Waals surface area contributed by atoms with Gasteiger partial charge >= 0.3 is 0 Å². The Kier molecular flexibility index (Phi) is 4.86. The molecule has 0 atom stereocenters. The van der Waals surface area contributed by atoms with E-state index in [2.05, 4.69) is 26.1 Å². The van der Waals surface area contributed by atoms with Crippen LogP contribution in [0.1, 0.15) is 26.3 Å². The Labute approximate surface area is 129 Å². The molecule has 21 heavy (non-hydrogen) atoms. The van der Waals surface area contributed by atoms with Crippen molar-refractivity contribution in [2.45, 2.75) is 32.9 Å². The summed E-state index contributed by atoms with van der Waals surface area (Å²) in [5.74, 6) is 0.649. The molecule has 0 radical (unpaired) electrons. The van der Waals surface area contributed by atoms with Gasteiger partial charge in [-0.15, -0.1) is 0 Å². The van der Waals surface area contributed by atoms with Gasteiger partial charge in [0.25, 0.3) is 0 Å². The van der Waals surface area contributed by atoms with Crippen LogP contribution in [0.5, 0.6) is 11.5 Å². The number of ether oxygens (including phenoxy) is 1. The molecule has 0 aliphatic carbocycles. The number of para-hydroxylation sites is 1. The maximum Gasteiger partial charge on any atom is 0.150 e. The maximum atomic E-state index is 13.2. The first kappa shape index (κ1) is 15.8. The first-order valence-electron chi connectivity index (χ1n) is 6.81. The van der Waals surface area contributed by atoms with Gasteiger partial charge in [-0.1, -0.05) is 29.8 Å². The average molecular weight is 308 g/mol. The highest BCUT2D eigenvalue weighted by Gasteiger charge is 2.14. The first-order chi connectivity index (χ1) is 9.85. The van der Waals surface area contributed by atoms with Crippen LogP contribution < -0.4 is 10.1 Å². The second-order valence-corrected chi connectivity index (χ2v) is 6.30. The highest BCUT2D eigenvalue weighted by Crippen LogP contribution is 2.33. The molecule has 0 spiro atoms. The minimum absolute atomic E-state index is 0.0154. The first-order valence-corrected chi connectivity index (χ1v) is 7.19. The number of benzene rings is 2. The molecule has 0 amide bonds. The fourth-order valence-electron chi connectivity index (χ4n) is 1.82. The Bertz CT molecular complexity index is 622. The molecule has 0 aromatic heterocycles. The van der Waals surface area contributed by atoms with E-state index in [1.165, 1.54) is 12.1 Å². The maximum absolute atomic E-state index is 13.2. The monoisotopic (exact) mass is 307 g/mol.